The molecule has 4 rings (SSSR count). The van der Waals surface area contributed by atoms with Gasteiger partial charge >= 0.3 is 18.3 Å². The van der Waals surface area contributed by atoms with Crippen LogP contribution in [0, 0.1) is 5.92 Å². The molecule has 1 fully saturated rings. The van der Waals surface area contributed by atoms with Crippen LogP contribution < -0.4 is 4.90 Å². The van der Waals surface area contributed by atoms with Crippen molar-refractivity contribution >= 4 is 29.5 Å². The van der Waals surface area contributed by atoms with E-state index in [9.17, 15) is 31.1 Å². The fourth-order valence-corrected chi connectivity index (χ4v) is 5.45. The highest BCUT2D eigenvalue weighted by molar-refractivity contribution is 5.89. The minimum absolute atomic E-state index is 0.0580. The Bertz CT molecular complexity index is 1180. The number of esters is 1. The quantitative estimate of drug-likeness (QED) is 0.163. The van der Waals surface area contributed by atoms with Gasteiger partial charge in [0.1, 0.15) is 0 Å². The molecule has 0 aromatic heterocycles. The van der Waals surface area contributed by atoms with E-state index in [4.69, 9.17) is 4.74 Å². The molecule has 0 amide bonds. The first-order valence-electron chi connectivity index (χ1n) is 14.3. The summed E-state index contributed by atoms with van der Waals surface area (Å²) in [6.45, 7) is 9.26. The average molecular weight is 598 g/mol. The number of hydrogen-bond acceptors (Lipinski definition) is 5. The van der Waals surface area contributed by atoms with Crippen LogP contribution >= 0.6 is 0 Å². The summed E-state index contributed by atoms with van der Waals surface area (Å²) in [6, 6.07) is 6.78. The Morgan fingerprint density at radius 2 is 1.36 bits per heavy atom. The third-order valence-corrected chi connectivity index (χ3v) is 7.60. The maximum atomic E-state index is 13.7. The Hall–Kier alpha value is -3.05. The van der Waals surface area contributed by atoms with E-state index in [1.807, 2.05) is 13.8 Å². The molecule has 5 nitrogen and oxygen atoms in total. The van der Waals surface area contributed by atoms with Gasteiger partial charge in [0.2, 0.25) is 0 Å². The minimum Gasteiger partial charge on any atom is -0.466 e. The number of carbonyl (C=O) groups excluding carboxylic acids is 1. The smallest absolute Gasteiger partial charge is 0.416 e. The molecule has 0 N–H and O–H groups in total. The van der Waals surface area contributed by atoms with Crippen LogP contribution in [0.5, 0.6) is 0 Å². The zero-order valence-corrected chi connectivity index (χ0v) is 23.9. The van der Waals surface area contributed by atoms with Gasteiger partial charge in [0.25, 0.3) is 0 Å². The summed E-state index contributed by atoms with van der Waals surface area (Å²) in [4.78, 5) is 17.7. The van der Waals surface area contributed by atoms with E-state index in [0.717, 1.165) is 69.8 Å². The lowest BCUT2D eigenvalue weighted by Crippen LogP contribution is -2.48. The Kier molecular flexibility index (Phi) is 10.2. The second-order valence-electron chi connectivity index (χ2n) is 11.1. The molecule has 0 bridgehead atoms. The Morgan fingerprint density at radius 3 is 1.86 bits per heavy atom. The zero-order chi connectivity index (χ0) is 30.5. The number of piperazine rings is 1. The maximum Gasteiger partial charge on any atom is 0.416 e. The van der Waals surface area contributed by atoms with Gasteiger partial charge in [-0.25, -0.2) is 0 Å². The van der Waals surface area contributed by atoms with Crippen LogP contribution in [0.15, 0.2) is 36.4 Å². The number of benzene rings is 2. The van der Waals surface area contributed by atoms with Crippen LogP contribution in [0.3, 0.4) is 0 Å². The molecule has 2 aliphatic heterocycles. The largest absolute Gasteiger partial charge is 0.466 e. The number of ether oxygens (including phenoxy) is 1. The molecular weight excluding hydrogens is 560 g/mol. The third-order valence-electron chi connectivity index (χ3n) is 7.60. The number of rotatable bonds is 10. The summed E-state index contributed by atoms with van der Waals surface area (Å²) in [5.41, 5.74) is -0.216. The lowest BCUT2D eigenvalue weighted by molar-refractivity contribution is -0.144. The van der Waals surface area contributed by atoms with Crippen LogP contribution in [0.1, 0.15) is 55.4 Å². The fraction of sp³-hybridized carbons (Fsp3) is 0.516. The average Bonchev–Trinajstić information content (AvgIpc) is 3.07. The van der Waals surface area contributed by atoms with Gasteiger partial charge in [0, 0.05) is 63.6 Å². The van der Waals surface area contributed by atoms with E-state index in [1.165, 1.54) is 12.1 Å². The second kappa shape index (κ2) is 13.5. The van der Waals surface area contributed by atoms with Gasteiger partial charge in [-0.05, 0) is 54.2 Å². The van der Waals surface area contributed by atoms with Crippen LogP contribution in [0.4, 0.5) is 37.7 Å². The topological polar surface area (TPSA) is 36.0 Å². The van der Waals surface area contributed by atoms with E-state index < -0.39 is 23.5 Å². The number of hydrogen-bond donors (Lipinski definition) is 0. The second-order valence-corrected chi connectivity index (χ2v) is 11.1. The van der Waals surface area contributed by atoms with Gasteiger partial charge in [-0.3, -0.25) is 4.79 Å². The van der Waals surface area contributed by atoms with Crippen molar-refractivity contribution in [3.63, 3.8) is 0 Å². The number of fused-ring (bicyclic) bond motifs is 2. The molecule has 2 aromatic carbocycles. The van der Waals surface area contributed by atoms with Gasteiger partial charge < -0.3 is 19.4 Å². The number of nitrogens with zero attached hydrogens (tertiary/aromatic N) is 3. The summed E-state index contributed by atoms with van der Waals surface area (Å²) < 4.78 is 87.1. The van der Waals surface area contributed by atoms with Gasteiger partial charge in [-0.1, -0.05) is 38.1 Å². The predicted octanol–water partition coefficient (Wildman–Crippen LogP) is 7.33. The molecule has 1 atom stereocenters. The molecule has 1 unspecified atom stereocenters. The van der Waals surface area contributed by atoms with E-state index in [1.54, 1.807) is 17.1 Å². The molecule has 2 aliphatic rings. The SMILES string of the molecule is CCCC(=O)OCCCN1CCN(CC(C)CN2c3cc(C(F)(F)F)ccc3C=Cc3ccc(C(F)(F)F)cc32)CC1. The van der Waals surface area contributed by atoms with Crippen molar-refractivity contribution in [2.75, 3.05) is 57.3 Å². The first kappa shape index (κ1) is 31.9. The monoisotopic (exact) mass is 597 g/mol. The van der Waals surface area contributed by atoms with E-state index >= 15 is 0 Å². The highest BCUT2D eigenvalue weighted by atomic mass is 19.4. The molecule has 0 saturated carbocycles. The lowest BCUT2D eigenvalue weighted by Gasteiger charge is -2.37. The molecule has 2 heterocycles. The summed E-state index contributed by atoms with van der Waals surface area (Å²) in [7, 11) is 0. The zero-order valence-electron chi connectivity index (χ0n) is 23.9. The number of halogens is 6. The summed E-state index contributed by atoms with van der Waals surface area (Å²) in [6.07, 6.45) is -3.93. The number of alkyl halides is 6. The minimum atomic E-state index is -4.59. The van der Waals surface area contributed by atoms with Crippen molar-refractivity contribution in [3.05, 3.63) is 58.7 Å². The highest BCUT2D eigenvalue weighted by Gasteiger charge is 2.34. The molecule has 0 radical (unpaired) electrons. The molecule has 230 valence electrons. The van der Waals surface area contributed by atoms with Crippen LogP contribution in [-0.2, 0) is 21.9 Å². The standard InChI is InChI=1S/C31H37F6N3O2/c1-3-5-29(41)42-17-4-12-38-13-15-39(16-14-38)20-22(2)21-40-27-18-25(30(32,33)34)10-8-23(27)6-7-24-9-11-26(19-28(24)40)31(35,36)37/h6-11,18-19,22H,3-5,12-17,20-21H2,1-2H3. The lowest BCUT2D eigenvalue weighted by atomic mass is 10.0. The summed E-state index contributed by atoms with van der Waals surface area (Å²) >= 11 is 0. The van der Waals surface area contributed by atoms with Crippen molar-refractivity contribution in [1.82, 2.24) is 9.80 Å². The van der Waals surface area contributed by atoms with Crippen molar-refractivity contribution in [3.8, 4) is 0 Å². The van der Waals surface area contributed by atoms with Gasteiger partial charge in [0.15, 0.2) is 0 Å². The van der Waals surface area contributed by atoms with Crippen LogP contribution in [-0.4, -0.2) is 68.2 Å². The molecule has 1 saturated heterocycles. The molecule has 11 heteroatoms. The highest BCUT2D eigenvalue weighted by Crippen LogP contribution is 2.42. The molecule has 0 aliphatic carbocycles. The van der Waals surface area contributed by atoms with Crippen molar-refractivity contribution in [2.45, 2.75) is 45.5 Å². The fourth-order valence-electron chi connectivity index (χ4n) is 5.45. The molecule has 42 heavy (non-hydrogen) atoms. The molecule has 0 spiro atoms. The van der Waals surface area contributed by atoms with Crippen LogP contribution in [0.2, 0.25) is 0 Å². The van der Waals surface area contributed by atoms with Crippen LogP contribution in [0.25, 0.3) is 12.2 Å². The third kappa shape index (κ3) is 8.28. The van der Waals surface area contributed by atoms with E-state index in [-0.39, 0.29) is 29.8 Å². The normalized spacial score (nSPS) is 17.0. The first-order chi connectivity index (χ1) is 19.8. The first-order valence-corrected chi connectivity index (χ1v) is 14.3. The maximum absolute atomic E-state index is 13.7. The van der Waals surface area contributed by atoms with Gasteiger partial charge in [0.05, 0.1) is 17.7 Å². The Morgan fingerprint density at radius 1 is 0.833 bits per heavy atom. The van der Waals surface area contributed by atoms with Gasteiger partial charge in [-0.2, -0.15) is 26.3 Å². The number of anilines is 2. The predicted molar refractivity (Wildman–Crippen MR) is 151 cm³/mol. The van der Waals surface area contributed by atoms with E-state index in [2.05, 4.69) is 9.80 Å². The van der Waals surface area contributed by atoms with E-state index in [0.29, 0.717) is 30.7 Å². The van der Waals surface area contributed by atoms with Gasteiger partial charge in [-0.15, -0.1) is 0 Å². The van der Waals surface area contributed by atoms with Crippen molar-refractivity contribution in [1.29, 1.82) is 0 Å². The molecular formula is C31H37F6N3O2. The van der Waals surface area contributed by atoms with Crippen molar-refractivity contribution < 1.29 is 35.9 Å². The molecule has 2 aromatic rings. The Balaban J connectivity index is 1.45. The summed E-state index contributed by atoms with van der Waals surface area (Å²) in [5, 5.41) is 0. The summed E-state index contributed by atoms with van der Waals surface area (Å²) in [5.74, 6) is -0.233. The number of carbonyl (C=O) groups is 1. The van der Waals surface area contributed by atoms with Crippen molar-refractivity contribution in [2.24, 2.45) is 5.92 Å². The Labute approximate surface area is 242 Å².